The number of aryl methyl sites for hydroxylation is 1. The molecule has 5 rings (SSSR count). The number of nitrogens with one attached hydrogen (secondary N) is 3. The SMILES string of the molecule is CC.CCN(C)C(=O)c1c(Nc2ccc(CN3CCNCC3)cn2)ncnc1Oc1cc(F)c2[nH]c(C)cc2c1F. The molecule has 0 spiro atoms. The Morgan fingerprint density at radius 3 is 2.59 bits per heavy atom. The summed E-state index contributed by atoms with van der Waals surface area (Å²) in [7, 11) is 1.61. The maximum absolute atomic E-state index is 15.3. The first-order valence-corrected chi connectivity index (χ1v) is 13.7. The fourth-order valence-electron chi connectivity index (χ4n) is 4.42. The van der Waals surface area contributed by atoms with Gasteiger partial charge in [-0.2, -0.15) is 0 Å². The van der Waals surface area contributed by atoms with E-state index in [4.69, 9.17) is 4.74 Å². The Bertz CT molecular complexity index is 1490. The number of amides is 1. The topological polar surface area (TPSA) is 111 Å². The number of pyridine rings is 1. The van der Waals surface area contributed by atoms with Gasteiger partial charge < -0.3 is 25.3 Å². The quantitative estimate of drug-likeness (QED) is 0.273. The van der Waals surface area contributed by atoms with E-state index in [1.54, 1.807) is 26.2 Å². The molecule has 0 unspecified atom stereocenters. The molecule has 3 N–H and O–H groups in total. The molecule has 0 aliphatic carbocycles. The van der Waals surface area contributed by atoms with Gasteiger partial charge in [-0.25, -0.2) is 23.7 Å². The van der Waals surface area contributed by atoms with Crippen LogP contribution in [0.1, 0.15) is 42.4 Å². The Kier molecular flexibility index (Phi) is 9.79. The van der Waals surface area contributed by atoms with Crippen molar-refractivity contribution in [1.29, 1.82) is 0 Å². The number of halogens is 2. The van der Waals surface area contributed by atoms with Crippen molar-refractivity contribution in [2.75, 3.05) is 45.1 Å². The number of hydrogen-bond donors (Lipinski definition) is 3. The van der Waals surface area contributed by atoms with Gasteiger partial charge in [0.2, 0.25) is 5.88 Å². The van der Waals surface area contributed by atoms with Crippen LogP contribution in [0, 0.1) is 18.6 Å². The summed E-state index contributed by atoms with van der Waals surface area (Å²) in [5.74, 6) is -1.93. The molecule has 1 aliphatic rings. The minimum atomic E-state index is -0.771. The lowest BCUT2D eigenvalue weighted by Crippen LogP contribution is -2.42. The van der Waals surface area contributed by atoms with Gasteiger partial charge in [-0.15, -0.1) is 0 Å². The Morgan fingerprint density at radius 2 is 1.90 bits per heavy atom. The smallest absolute Gasteiger partial charge is 0.262 e. The van der Waals surface area contributed by atoms with Gasteiger partial charge in [-0.1, -0.05) is 19.9 Å². The van der Waals surface area contributed by atoms with Gasteiger partial charge in [0.25, 0.3) is 5.91 Å². The Balaban J connectivity index is 0.00000189. The number of carbonyl (C=O) groups is 1. The Morgan fingerprint density at radius 1 is 1.15 bits per heavy atom. The Hall–Kier alpha value is -4.16. The predicted octanol–water partition coefficient (Wildman–Crippen LogP) is 5.00. The van der Waals surface area contributed by atoms with Gasteiger partial charge in [0.1, 0.15) is 17.7 Å². The summed E-state index contributed by atoms with van der Waals surface area (Å²) >= 11 is 0. The molecule has 1 saturated heterocycles. The largest absolute Gasteiger partial charge is 0.435 e. The van der Waals surface area contributed by atoms with E-state index in [0.29, 0.717) is 18.1 Å². The van der Waals surface area contributed by atoms with Crippen molar-refractivity contribution in [2.24, 2.45) is 0 Å². The number of ether oxygens (including phenoxy) is 1. The summed E-state index contributed by atoms with van der Waals surface area (Å²) in [5.41, 5.74) is 1.67. The normalized spacial score (nSPS) is 13.4. The average molecular weight is 567 g/mol. The molecule has 218 valence electrons. The van der Waals surface area contributed by atoms with Crippen LogP contribution in [0.4, 0.5) is 20.4 Å². The van der Waals surface area contributed by atoms with Crippen molar-refractivity contribution < 1.29 is 18.3 Å². The van der Waals surface area contributed by atoms with E-state index in [9.17, 15) is 9.18 Å². The number of rotatable bonds is 8. The highest BCUT2D eigenvalue weighted by Crippen LogP contribution is 2.35. The lowest BCUT2D eigenvalue weighted by atomic mass is 10.2. The summed E-state index contributed by atoms with van der Waals surface area (Å²) in [6, 6.07) is 6.18. The maximum atomic E-state index is 15.3. The second-order valence-electron chi connectivity index (χ2n) is 9.44. The highest BCUT2D eigenvalue weighted by molar-refractivity contribution is 6.01. The van der Waals surface area contributed by atoms with E-state index >= 15 is 4.39 Å². The molecular weight excluding hydrogens is 530 g/mol. The maximum Gasteiger partial charge on any atom is 0.262 e. The molecular formula is C29H36F2N8O2. The van der Waals surface area contributed by atoms with Crippen molar-refractivity contribution in [3.8, 4) is 11.6 Å². The predicted molar refractivity (Wildman–Crippen MR) is 155 cm³/mol. The van der Waals surface area contributed by atoms with E-state index < -0.39 is 23.3 Å². The van der Waals surface area contributed by atoms with Crippen molar-refractivity contribution >= 4 is 28.4 Å². The molecule has 0 atom stereocenters. The second kappa shape index (κ2) is 13.5. The summed E-state index contributed by atoms with van der Waals surface area (Å²) in [6.45, 7) is 12.6. The first-order chi connectivity index (χ1) is 19.8. The van der Waals surface area contributed by atoms with E-state index in [1.165, 1.54) is 17.3 Å². The zero-order valence-corrected chi connectivity index (χ0v) is 24.0. The number of fused-ring (bicyclic) bond motifs is 1. The van der Waals surface area contributed by atoms with Gasteiger partial charge >= 0.3 is 0 Å². The van der Waals surface area contributed by atoms with Crippen LogP contribution in [0.3, 0.4) is 0 Å². The molecule has 1 aliphatic heterocycles. The first kappa shape index (κ1) is 29.8. The number of benzene rings is 1. The summed E-state index contributed by atoms with van der Waals surface area (Å²) in [5, 5.41) is 6.44. The number of H-pyrrole nitrogens is 1. The lowest BCUT2D eigenvalue weighted by Gasteiger charge is -2.27. The van der Waals surface area contributed by atoms with Crippen molar-refractivity contribution in [1.82, 2.24) is 35.1 Å². The summed E-state index contributed by atoms with van der Waals surface area (Å²) in [6.07, 6.45) is 2.96. The van der Waals surface area contributed by atoms with Crippen LogP contribution >= 0.6 is 0 Å². The third-order valence-corrected chi connectivity index (χ3v) is 6.64. The van der Waals surface area contributed by atoms with Gasteiger partial charge in [0.15, 0.2) is 23.2 Å². The second-order valence-corrected chi connectivity index (χ2v) is 9.44. The van der Waals surface area contributed by atoms with Crippen LogP contribution < -0.4 is 15.4 Å². The van der Waals surface area contributed by atoms with Crippen molar-refractivity contribution in [2.45, 2.75) is 34.2 Å². The molecule has 0 radical (unpaired) electrons. The van der Waals surface area contributed by atoms with Gasteiger partial charge in [-0.3, -0.25) is 9.69 Å². The fraction of sp³-hybridized carbons (Fsp3) is 0.379. The molecule has 4 heterocycles. The van der Waals surface area contributed by atoms with Gasteiger partial charge in [-0.05, 0) is 31.5 Å². The van der Waals surface area contributed by atoms with Crippen molar-refractivity contribution in [3.63, 3.8) is 0 Å². The zero-order valence-electron chi connectivity index (χ0n) is 24.0. The first-order valence-electron chi connectivity index (χ1n) is 13.7. The molecule has 1 fully saturated rings. The lowest BCUT2D eigenvalue weighted by molar-refractivity contribution is 0.0799. The number of piperazine rings is 1. The van der Waals surface area contributed by atoms with Crippen LogP contribution in [0.5, 0.6) is 11.6 Å². The fourth-order valence-corrected chi connectivity index (χ4v) is 4.42. The number of anilines is 2. The van der Waals surface area contributed by atoms with E-state index in [2.05, 4.69) is 35.5 Å². The summed E-state index contributed by atoms with van der Waals surface area (Å²) < 4.78 is 35.7. The number of hydrogen-bond acceptors (Lipinski definition) is 8. The molecule has 4 aromatic rings. The van der Waals surface area contributed by atoms with Gasteiger partial charge in [0, 0.05) is 69.7 Å². The minimum Gasteiger partial charge on any atom is -0.435 e. The van der Waals surface area contributed by atoms with Crippen LogP contribution in [-0.4, -0.2) is 75.4 Å². The number of carbonyl (C=O) groups excluding carboxylic acids is 1. The molecule has 1 aromatic carbocycles. The third-order valence-electron chi connectivity index (χ3n) is 6.64. The molecule has 10 nitrogen and oxygen atoms in total. The van der Waals surface area contributed by atoms with Crippen molar-refractivity contribution in [3.05, 3.63) is 65.2 Å². The third kappa shape index (κ3) is 6.77. The van der Waals surface area contributed by atoms with E-state index in [-0.39, 0.29) is 28.2 Å². The van der Waals surface area contributed by atoms with Gasteiger partial charge in [0.05, 0.1) is 5.52 Å². The molecule has 0 saturated carbocycles. The minimum absolute atomic E-state index is 0.0290. The summed E-state index contributed by atoms with van der Waals surface area (Å²) in [4.78, 5) is 32.8. The standard InChI is InChI=1S/C27H30F2N8O2.C2H6/c1-4-36(3)27(38)22-25(35-21-6-5-17(13-31-21)14-37-9-7-30-8-10-37)32-15-33-26(22)39-20-12-19(28)24-18(23(20)29)11-16(2)34-24;1-2/h5-6,11-13,15,30,34H,4,7-10,14H2,1-3H3,(H,31,32,33,35);1-2H3. The van der Waals surface area contributed by atoms with E-state index in [0.717, 1.165) is 44.4 Å². The average Bonchev–Trinajstić information content (AvgIpc) is 3.40. The highest BCUT2D eigenvalue weighted by Gasteiger charge is 2.26. The monoisotopic (exact) mass is 566 g/mol. The highest BCUT2D eigenvalue weighted by atomic mass is 19.1. The molecule has 0 bridgehead atoms. The van der Waals surface area contributed by atoms with E-state index in [1.807, 2.05) is 26.8 Å². The number of nitrogens with zero attached hydrogens (tertiary/aromatic N) is 5. The molecule has 12 heteroatoms. The van der Waals surface area contributed by atoms with Crippen LogP contribution in [0.15, 0.2) is 36.8 Å². The Labute approximate surface area is 238 Å². The number of aromatic nitrogens is 4. The van der Waals surface area contributed by atoms with Crippen LogP contribution in [0.2, 0.25) is 0 Å². The molecule has 3 aromatic heterocycles. The van der Waals surface area contributed by atoms with Crippen LogP contribution in [-0.2, 0) is 6.54 Å². The van der Waals surface area contributed by atoms with Crippen LogP contribution in [0.25, 0.3) is 10.9 Å². The molecule has 41 heavy (non-hydrogen) atoms. The molecule has 1 amide bonds. The number of aromatic amines is 1. The zero-order chi connectivity index (χ0) is 29.5.